The van der Waals surface area contributed by atoms with Crippen LogP contribution in [-0.4, -0.2) is 20.9 Å². The van der Waals surface area contributed by atoms with Crippen LogP contribution < -0.4 is 9.62 Å². The molecule has 0 aliphatic heterocycles. The molecule has 0 heterocycles. The minimum Gasteiger partial charge on any atom is -0.348 e. The van der Waals surface area contributed by atoms with Crippen molar-refractivity contribution in [3.05, 3.63) is 95.1 Å². The van der Waals surface area contributed by atoms with Gasteiger partial charge in [-0.15, -0.1) is 0 Å². The van der Waals surface area contributed by atoms with Gasteiger partial charge in [-0.2, -0.15) is 0 Å². The van der Waals surface area contributed by atoms with Crippen LogP contribution >= 0.6 is 0 Å². The SMILES string of the molecule is Cc1ccc(S(=O)(=O)N(CC(=O)NC(C)c2ccc(C)c(C)c2)c2ccccc2)cc1. The number of nitrogens with one attached hydrogen (secondary N) is 1. The molecule has 5 nitrogen and oxygen atoms in total. The lowest BCUT2D eigenvalue weighted by molar-refractivity contribution is -0.120. The summed E-state index contributed by atoms with van der Waals surface area (Å²) in [6, 6.07) is 21.1. The fraction of sp³-hybridized carbons (Fsp3) is 0.240. The van der Waals surface area contributed by atoms with Crippen LogP contribution in [0.3, 0.4) is 0 Å². The zero-order valence-electron chi connectivity index (χ0n) is 18.3. The molecule has 1 atom stereocenters. The average molecular weight is 437 g/mol. The van der Waals surface area contributed by atoms with Crippen LogP contribution in [0.15, 0.2) is 77.7 Å². The monoisotopic (exact) mass is 436 g/mol. The largest absolute Gasteiger partial charge is 0.348 e. The van der Waals surface area contributed by atoms with E-state index in [4.69, 9.17) is 0 Å². The van der Waals surface area contributed by atoms with Crippen molar-refractivity contribution in [2.24, 2.45) is 0 Å². The molecule has 0 spiro atoms. The second kappa shape index (κ2) is 9.35. The van der Waals surface area contributed by atoms with Crippen LogP contribution in [0.5, 0.6) is 0 Å². The van der Waals surface area contributed by atoms with E-state index in [0.29, 0.717) is 5.69 Å². The van der Waals surface area contributed by atoms with Crippen molar-refractivity contribution in [2.75, 3.05) is 10.8 Å². The third-order valence-electron chi connectivity index (χ3n) is 5.35. The molecule has 1 N–H and O–H groups in total. The second-order valence-corrected chi connectivity index (χ2v) is 9.66. The number of aryl methyl sites for hydroxylation is 3. The quantitative estimate of drug-likeness (QED) is 0.585. The molecule has 3 aromatic carbocycles. The summed E-state index contributed by atoms with van der Waals surface area (Å²) in [6.45, 7) is 7.54. The fourth-order valence-corrected chi connectivity index (χ4v) is 4.70. The minimum absolute atomic E-state index is 0.150. The first-order valence-corrected chi connectivity index (χ1v) is 11.6. The molecule has 6 heteroatoms. The second-order valence-electron chi connectivity index (χ2n) is 7.79. The molecule has 0 aliphatic carbocycles. The number of anilines is 1. The smallest absolute Gasteiger partial charge is 0.264 e. The normalized spacial score (nSPS) is 12.3. The van der Waals surface area contributed by atoms with Gasteiger partial charge in [0.15, 0.2) is 0 Å². The van der Waals surface area contributed by atoms with E-state index in [0.717, 1.165) is 21.0 Å². The van der Waals surface area contributed by atoms with Crippen molar-refractivity contribution in [1.29, 1.82) is 0 Å². The van der Waals surface area contributed by atoms with Gasteiger partial charge in [0, 0.05) is 0 Å². The van der Waals surface area contributed by atoms with E-state index >= 15 is 0 Å². The molecule has 0 aliphatic rings. The summed E-state index contributed by atoms with van der Waals surface area (Å²) in [6.07, 6.45) is 0. The molecule has 0 bridgehead atoms. The number of hydrogen-bond acceptors (Lipinski definition) is 3. The van der Waals surface area contributed by atoms with Crippen molar-refractivity contribution in [3.63, 3.8) is 0 Å². The Balaban J connectivity index is 1.86. The number of carbonyl (C=O) groups excluding carboxylic acids is 1. The maximum absolute atomic E-state index is 13.4. The summed E-state index contributed by atoms with van der Waals surface area (Å²) in [5, 5.41) is 2.93. The Labute approximate surface area is 184 Å². The summed E-state index contributed by atoms with van der Waals surface area (Å²) in [5.41, 5.74) is 4.71. The number of hydrogen-bond donors (Lipinski definition) is 1. The van der Waals surface area contributed by atoms with Gasteiger partial charge in [0.1, 0.15) is 6.54 Å². The van der Waals surface area contributed by atoms with Crippen LogP contribution in [0.25, 0.3) is 0 Å². The molecular formula is C25H28N2O3S. The van der Waals surface area contributed by atoms with E-state index in [-0.39, 0.29) is 23.4 Å². The molecule has 0 fully saturated rings. The average Bonchev–Trinajstić information content (AvgIpc) is 2.74. The first-order chi connectivity index (χ1) is 14.7. The third kappa shape index (κ3) is 5.33. The van der Waals surface area contributed by atoms with Crippen molar-refractivity contribution < 1.29 is 13.2 Å². The summed E-state index contributed by atoms with van der Waals surface area (Å²) < 4.78 is 27.9. The number of para-hydroxylation sites is 1. The van der Waals surface area contributed by atoms with Crippen molar-refractivity contribution in [1.82, 2.24) is 5.32 Å². The lowest BCUT2D eigenvalue weighted by atomic mass is 10.0. The van der Waals surface area contributed by atoms with Gasteiger partial charge >= 0.3 is 0 Å². The molecular weight excluding hydrogens is 408 g/mol. The summed E-state index contributed by atoms with van der Waals surface area (Å²) >= 11 is 0. The van der Waals surface area contributed by atoms with Crippen LogP contribution in [0.2, 0.25) is 0 Å². The van der Waals surface area contributed by atoms with E-state index in [1.165, 1.54) is 5.56 Å². The molecule has 0 radical (unpaired) electrons. The molecule has 1 unspecified atom stereocenters. The first kappa shape index (κ1) is 22.6. The number of rotatable bonds is 7. The number of carbonyl (C=O) groups is 1. The summed E-state index contributed by atoms with van der Waals surface area (Å²) in [5.74, 6) is -0.370. The van der Waals surface area contributed by atoms with Crippen molar-refractivity contribution >= 4 is 21.6 Å². The lowest BCUT2D eigenvalue weighted by Gasteiger charge is -2.25. The van der Waals surface area contributed by atoms with Crippen LogP contribution in [-0.2, 0) is 14.8 Å². The van der Waals surface area contributed by atoms with E-state index in [1.807, 2.05) is 52.0 Å². The zero-order chi connectivity index (χ0) is 22.6. The third-order valence-corrected chi connectivity index (χ3v) is 7.14. The van der Waals surface area contributed by atoms with E-state index in [1.54, 1.807) is 48.5 Å². The molecule has 0 saturated heterocycles. The number of benzene rings is 3. The van der Waals surface area contributed by atoms with Gasteiger partial charge in [0.25, 0.3) is 10.0 Å². The topological polar surface area (TPSA) is 66.5 Å². The Kier molecular flexibility index (Phi) is 6.81. The molecule has 31 heavy (non-hydrogen) atoms. The van der Waals surface area contributed by atoms with Crippen LogP contribution in [0, 0.1) is 20.8 Å². The van der Waals surface area contributed by atoms with Crippen LogP contribution in [0.1, 0.15) is 35.2 Å². The Morgan fingerprint density at radius 1 is 0.903 bits per heavy atom. The summed E-state index contributed by atoms with van der Waals surface area (Å²) in [4.78, 5) is 13.0. The molecule has 0 aromatic heterocycles. The van der Waals surface area contributed by atoms with E-state index < -0.39 is 10.0 Å². The van der Waals surface area contributed by atoms with Gasteiger partial charge in [0.2, 0.25) is 5.91 Å². The van der Waals surface area contributed by atoms with Gasteiger partial charge < -0.3 is 5.32 Å². The number of nitrogens with zero attached hydrogens (tertiary/aromatic N) is 1. The predicted octanol–water partition coefficient (Wildman–Crippen LogP) is 4.68. The highest BCUT2D eigenvalue weighted by molar-refractivity contribution is 7.92. The van der Waals surface area contributed by atoms with Gasteiger partial charge in [-0.25, -0.2) is 8.42 Å². The Bertz CT molecular complexity index is 1160. The van der Waals surface area contributed by atoms with Crippen molar-refractivity contribution in [2.45, 2.75) is 38.6 Å². The Morgan fingerprint density at radius 2 is 1.55 bits per heavy atom. The van der Waals surface area contributed by atoms with Gasteiger partial charge in [-0.1, -0.05) is 54.1 Å². The maximum atomic E-state index is 13.4. The molecule has 3 rings (SSSR count). The molecule has 0 saturated carbocycles. The molecule has 162 valence electrons. The first-order valence-electron chi connectivity index (χ1n) is 10.2. The molecule has 3 aromatic rings. The van der Waals surface area contributed by atoms with Gasteiger partial charge in [0.05, 0.1) is 16.6 Å². The predicted molar refractivity (Wildman–Crippen MR) is 125 cm³/mol. The van der Waals surface area contributed by atoms with E-state index in [2.05, 4.69) is 5.32 Å². The summed E-state index contributed by atoms with van der Waals surface area (Å²) in [7, 11) is -3.91. The molecule has 1 amide bonds. The van der Waals surface area contributed by atoms with Gasteiger partial charge in [-0.3, -0.25) is 9.10 Å². The zero-order valence-corrected chi connectivity index (χ0v) is 19.1. The number of amides is 1. The Morgan fingerprint density at radius 3 is 2.16 bits per heavy atom. The lowest BCUT2D eigenvalue weighted by Crippen LogP contribution is -2.41. The van der Waals surface area contributed by atoms with Crippen molar-refractivity contribution in [3.8, 4) is 0 Å². The number of sulfonamides is 1. The maximum Gasteiger partial charge on any atom is 0.264 e. The minimum atomic E-state index is -3.91. The van der Waals surface area contributed by atoms with Gasteiger partial charge in [-0.05, 0) is 68.7 Å². The highest BCUT2D eigenvalue weighted by Crippen LogP contribution is 2.24. The van der Waals surface area contributed by atoms with Crippen LogP contribution in [0.4, 0.5) is 5.69 Å². The fourth-order valence-electron chi connectivity index (χ4n) is 3.28. The standard InChI is InChI=1S/C25H28N2O3S/c1-18-10-14-24(15-11-18)31(29,30)27(23-8-6-5-7-9-23)17-25(28)26-21(4)22-13-12-19(2)20(3)16-22/h5-16,21H,17H2,1-4H3,(H,26,28). The van der Waals surface area contributed by atoms with E-state index in [9.17, 15) is 13.2 Å². The highest BCUT2D eigenvalue weighted by Gasteiger charge is 2.27. The Hall–Kier alpha value is -3.12. The highest BCUT2D eigenvalue weighted by atomic mass is 32.2.